The highest BCUT2D eigenvalue weighted by molar-refractivity contribution is 7.10. The molecule has 0 saturated carbocycles. The van der Waals surface area contributed by atoms with Gasteiger partial charge in [-0.1, -0.05) is 6.07 Å². The van der Waals surface area contributed by atoms with Crippen LogP contribution in [-0.2, 0) is 9.53 Å². The van der Waals surface area contributed by atoms with Gasteiger partial charge in [0.05, 0.1) is 6.07 Å². The molecule has 0 bridgehead atoms. The zero-order valence-corrected chi connectivity index (χ0v) is 7.58. The summed E-state index contributed by atoms with van der Waals surface area (Å²) in [7, 11) is 0. The van der Waals surface area contributed by atoms with E-state index in [0.29, 0.717) is 6.42 Å². The predicted molar refractivity (Wildman–Crippen MR) is 46.9 cm³/mol. The molecule has 1 aromatic rings. The van der Waals surface area contributed by atoms with Crippen LogP contribution in [0, 0.1) is 17.2 Å². The van der Waals surface area contributed by atoms with Gasteiger partial charge in [-0.15, -0.1) is 11.3 Å². The Morgan fingerprint density at radius 1 is 1.69 bits per heavy atom. The number of ether oxygens (including phenoxy) is 1. The van der Waals surface area contributed by atoms with Crippen molar-refractivity contribution in [2.24, 2.45) is 5.92 Å². The average Bonchev–Trinajstić information content (AvgIpc) is 2.71. The van der Waals surface area contributed by atoms with E-state index < -0.39 is 5.92 Å². The highest BCUT2D eigenvalue weighted by Gasteiger charge is 2.35. The van der Waals surface area contributed by atoms with Crippen LogP contribution in [0.5, 0.6) is 0 Å². The zero-order valence-electron chi connectivity index (χ0n) is 6.77. The summed E-state index contributed by atoms with van der Waals surface area (Å²) in [5.74, 6) is -0.965. The fourth-order valence-corrected chi connectivity index (χ4v) is 2.10. The monoisotopic (exact) mass is 193 g/mol. The lowest BCUT2D eigenvalue weighted by atomic mass is 10.1. The van der Waals surface area contributed by atoms with Crippen LogP contribution in [0.25, 0.3) is 0 Å². The molecular weight excluding hydrogens is 186 g/mol. The van der Waals surface area contributed by atoms with Gasteiger partial charge in [-0.05, 0) is 11.4 Å². The molecule has 0 aromatic carbocycles. The Morgan fingerprint density at radius 2 is 2.54 bits per heavy atom. The zero-order chi connectivity index (χ0) is 9.26. The molecule has 2 atom stereocenters. The van der Waals surface area contributed by atoms with E-state index >= 15 is 0 Å². The third kappa shape index (κ3) is 1.43. The number of hydrogen-bond donors (Lipinski definition) is 0. The molecular formula is C9H7NO2S. The summed E-state index contributed by atoms with van der Waals surface area (Å²) in [6.45, 7) is 0. The highest BCUT2D eigenvalue weighted by atomic mass is 32.1. The second-order valence-electron chi connectivity index (χ2n) is 2.86. The summed E-state index contributed by atoms with van der Waals surface area (Å²) in [5.41, 5.74) is 0. The minimum atomic E-state index is -0.577. The first-order chi connectivity index (χ1) is 6.31. The minimum Gasteiger partial charge on any atom is -0.456 e. The summed E-state index contributed by atoms with van der Waals surface area (Å²) in [5, 5.41) is 10.5. The predicted octanol–water partition coefficient (Wildman–Crippen LogP) is 1.88. The Morgan fingerprint density at radius 3 is 3.08 bits per heavy atom. The third-order valence-corrected chi connectivity index (χ3v) is 2.97. The summed E-state index contributed by atoms with van der Waals surface area (Å²) >= 11 is 1.55. The lowest BCUT2D eigenvalue weighted by Gasteiger charge is -2.03. The molecule has 3 nitrogen and oxygen atoms in total. The largest absolute Gasteiger partial charge is 0.456 e. The first-order valence-corrected chi connectivity index (χ1v) is 4.82. The topological polar surface area (TPSA) is 50.1 Å². The van der Waals surface area contributed by atoms with E-state index in [0.717, 1.165) is 4.88 Å². The maximum atomic E-state index is 11.1. The number of cyclic esters (lactones) is 1. The highest BCUT2D eigenvalue weighted by Crippen LogP contribution is 2.35. The number of nitrogens with zero attached hydrogens (tertiary/aromatic N) is 1. The summed E-state index contributed by atoms with van der Waals surface area (Å²) in [4.78, 5) is 12.1. The first-order valence-electron chi connectivity index (χ1n) is 3.95. The SMILES string of the molecule is N#CC1CC(c2cccs2)OC1=O. The second-order valence-corrected chi connectivity index (χ2v) is 3.84. The number of carbonyl (C=O) groups excluding carboxylic acids is 1. The minimum absolute atomic E-state index is 0.197. The Hall–Kier alpha value is -1.34. The molecule has 2 unspecified atom stereocenters. The Bertz CT molecular complexity index is 352. The molecule has 1 aliphatic rings. The van der Waals surface area contributed by atoms with Gasteiger partial charge >= 0.3 is 5.97 Å². The smallest absolute Gasteiger partial charge is 0.324 e. The third-order valence-electron chi connectivity index (χ3n) is 2.01. The molecule has 0 N–H and O–H groups in total. The van der Waals surface area contributed by atoms with Gasteiger partial charge in [-0.2, -0.15) is 5.26 Å². The van der Waals surface area contributed by atoms with E-state index in [1.165, 1.54) is 0 Å². The lowest BCUT2D eigenvalue weighted by molar-refractivity contribution is -0.143. The van der Waals surface area contributed by atoms with E-state index in [9.17, 15) is 4.79 Å². The average molecular weight is 193 g/mol. The van der Waals surface area contributed by atoms with Crippen LogP contribution in [0.4, 0.5) is 0 Å². The van der Waals surface area contributed by atoms with Crippen molar-refractivity contribution >= 4 is 17.3 Å². The molecule has 13 heavy (non-hydrogen) atoms. The van der Waals surface area contributed by atoms with Gasteiger partial charge in [-0.3, -0.25) is 4.79 Å². The van der Waals surface area contributed by atoms with Gasteiger partial charge in [-0.25, -0.2) is 0 Å². The van der Waals surface area contributed by atoms with Crippen molar-refractivity contribution in [2.45, 2.75) is 12.5 Å². The maximum absolute atomic E-state index is 11.1. The molecule has 0 spiro atoms. The number of thiophene rings is 1. The number of nitriles is 1. The number of rotatable bonds is 1. The fourth-order valence-electron chi connectivity index (χ4n) is 1.33. The lowest BCUT2D eigenvalue weighted by Crippen LogP contribution is -2.03. The van der Waals surface area contributed by atoms with Crippen LogP contribution < -0.4 is 0 Å². The molecule has 0 aliphatic carbocycles. The number of hydrogen-bond acceptors (Lipinski definition) is 4. The molecule has 1 aliphatic heterocycles. The molecule has 0 amide bonds. The first kappa shape index (κ1) is 8.27. The van der Waals surface area contributed by atoms with Gasteiger partial charge in [0.25, 0.3) is 0 Å². The second kappa shape index (κ2) is 3.19. The van der Waals surface area contributed by atoms with Gasteiger partial charge in [0.15, 0.2) is 0 Å². The van der Waals surface area contributed by atoms with E-state index in [4.69, 9.17) is 10.00 Å². The van der Waals surface area contributed by atoms with Crippen molar-refractivity contribution in [1.82, 2.24) is 0 Å². The number of esters is 1. The van der Waals surface area contributed by atoms with Crippen LogP contribution in [0.2, 0.25) is 0 Å². The van der Waals surface area contributed by atoms with E-state index in [-0.39, 0.29) is 12.1 Å². The molecule has 2 heterocycles. The van der Waals surface area contributed by atoms with Crippen LogP contribution >= 0.6 is 11.3 Å². The van der Waals surface area contributed by atoms with E-state index in [2.05, 4.69) is 0 Å². The molecule has 66 valence electrons. The van der Waals surface area contributed by atoms with Crippen LogP contribution in [0.1, 0.15) is 17.4 Å². The van der Waals surface area contributed by atoms with Gasteiger partial charge < -0.3 is 4.74 Å². The van der Waals surface area contributed by atoms with Crippen LogP contribution in [-0.4, -0.2) is 5.97 Å². The van der Waals surface area contributed by atoms with E-state index in [1.807, 2.05) is 23.6 Å². The Kier molecular flexibility index (Phi) is 2.03. The van der Waals surface area contributed by atoms with Gasteiger partial charge in [0, 0.05) is 11.3 Å². The molecule has 2 rings (SSSR count). The molecule has 1 saturated heterocycles. The normalized spacial score (nSPS) is 26.8. The molecule has 0 radical (unpaired) electrons. The van der Waals surface area contributed by atoms with Crippen molar-refractivity contribution in [1.29, 1.82) is 5.26 Å². The fraction of sp³-hybridized carbons (Fsp3) is 0.333. The van der Waals surface area contributed by atoms with Crippen molar-refractivity contribution in [2.75, 3.05) is 0 Å². The standard InChI is InChI=1S/C9H7NO2S/c10-5-6-4-7(12-9(6)11)8-2-1-3-13-8/h1-3,6-7H,4H2. The summed E-state index contributed by atoms with van der Waals surface area (Å²) in [6, 6.07) is 5.76. The van der Waals surface area contributed by atoms with Gasteiger partial charge in [0.2, 0.25) is 0 Å². The Balaban J connectivity index is 2.15. The van der Waals surface area contributed by atoms with Crippen molar-refractivity contribution in [3.8, 4) is 6.07 Å². The summed E-state index contributed by atoms with van der Waals surface area (Å²) < 4.78 is 5.06. The number of carbonyl (C=O) groups is 1. The van der Waals surface area contributed by atoms with Gasteiger partial charge in [0.1, 0.15) is 12.0 Å². The quantitative estimate of drug-likeness (QED) is 0.640. The van der Waals surface area contributed by atoms with Crippen LogP contribution in [0.15, 0.2) is 17.5 Å². The maximum Gasteiger partial charge on any atom is 0.324 e. The molecule has 4 heteroatoms. The molecule has 1 fully saturated rings. The van der Waals surface area contributed by atoms with Crippen molar-refractivity contribution in [3.63, 3.8) is 0 Å². The van der Waals surface area contributed by atoms with Crippen molar-refractivity contribution in [3.05, 3.63) is 22.4 Å². The molecule has 1 aromatic heterocycles. The van der Waals surface area contributed by atoms with E-state index in [1.54, 1.807) is 11.3 Å². The Labute approximate surface area is 79.6 Å². The van der Waals surface area contributed by atoms with Crippen LogP contribution in [0.3, 0.4) is 0 Å². The summed E-state index contributed by atoms with van der Waals surface area (Å²) in [6.07, 6.45) is 0.299. The van der Waals surface area contributed by atoms with Crippen molar-refractivity contribution < 1.29 is 9.53 Å².